The van der Waals surface area contributed by atoms with Gasteiger partial charge in [-0.2, -0.15) is 5.26 Å². The van der Waals surface area contributed by atoms with E-state index in [4.69, 9.17) is 5.26 Å². The fourth-order valence-corrected chi connectivity index (χ4v) is 3.99. The number of sulfone groups is 1. The monoisotopic (exact) mass is 432 g/mol. The Morgan fingerprint density at radius 2 is 2.04 bits per heavy atom. The molecule has 0 radical (unpaired) electrons. The van der Waals surface area contributed by atoms with Crippen LogP contribution in [-0.4, -0.2) is 28.7 Å². The second-order valence-corrected chi connectivity index (χ2v) is 8.70. The maximum absolute atomic E-state index is 12.7. The Kier molecular flexibility index (Phi) is 4.89. The number of benzene rings is 1. The smallest absolute Gasteiger partial charge is 0.263 e. The van der Waals surface area contributed by atoms with E-state index in [2.05, 4.69) is 25.9 Å². The van der Waals surface area contributed by atoms with Crippen LogP contribution in [0.4, 0.5) is 0 Å². The first-order valence-corrected chi connectivity index (χ1v) is 10.1. The van der Waals surface area contributed by atoms with E-state index >= 15 is 0 Å². The van der Waals surface area contributed by atoms with Crippen molar-refractivity contribution in [3.8, 4) is 6.07 Å². The van der Waals surface area contributed by atoms with E-state index < -0.39 is 9.84 Å². The maximum Gasteiger partial charge on any atom is 0.263 e. The van der Waals surface area contributed by atoms with Crippen LogP contribution in [0.2, 0.25) is 0 Å². The summed E-state index contributed by atoms with van der Waals surface area (Å²) in [6, 6.07) is 7.95. The molecule has 0 aliphatic carbocycles. The van der Waals surface area contributed by atoms with Crippen LogP contribution < -0.4 is 5.56 Å². The molecule has 0 spiro atoms. The van der Waals surface area contributed by atoms with Crippen LogP contribution in [0.5, 0.6) is 0 Å². The van der Waals surface area contributed by atoms with Crippen LogP contribution in [0, 0.1) is 11.3 Å². The van der Waals surface area contributed by atoms with Crippen molar-refractivity contribution < 1.29 is 8.42 Å². The second-order valence-electron chi connectivity index (χ2n) is 5.54. The predicted octanol–water partition coefficient (Wildman–Crippen LogP) is 2.27. The highest BCUT2D eigenvalue weighted by atomic mass is 79.9. The summed E-state index contributed by atoms with van der Waals surface area (Å²) >= 11 is 3.27. The molecular weight excluding hydrogens is 420 g/mol. The number of nitriles is 1. The summed E-state index contributed by atoms with van der Waals surface area (Å²) < 4.78 is 26.7. The Labute approximate surface area is 158 Å². The van der Waals surface area contributed by atoms with Gasteiger partial charge in [-0.1, -0.05) is 6.92 Å². The van der Waals surface area contributed by atoms with Crippen molar-refractivity contribution >= 4 is 36.8 Å². The Morgan fingerprint density at radius 1 is 1.27 bits per heavy atom. The normalized spacial score (nSPS) is 11.4. The Balaban J connectivity index is 2.18. The van der Waals surface area contributed by atoms with Gasteiger partial charge in [-0.15, -0.1) is 0 Å². The van der Waals surface area contributed by atoms with Crippen molar-refractivity contribution in [3.05, 3.63) is 62.7 Å². The van der Waals surface area contributed by atoms with Gasteiger partial charge in [0.2, 0.25) is 0 Å². The number of aromatic nitrogens is 3. The molecule has 0 bridgehead atoms. The highest BCUT2D eigenvalue weighted by molar-refractivity contribution is 9.10. The van der Waals surface area contributed by atoms with E-state index in [1.165, 1.54) is 29.1 Å². The zero-order chi connectivity index (χ0) is 18.9. The zero-order valence-corrected chi connectivity index (χ0v) is 16.1. The van der Waals surface area contributed by atoms with Crippen molar-refractivity contribution in [2.24, 2.45) is 0 Å². The number of hydrogen-bond acceptors (Lipinski definition) is 6. The number of pyridine rings is 1. The number of hydrogen-bond donors (Lipinski definition) is 0. The van der Waals surface area contributed by atoms with Crippen molar-refractivity contribution in [2.75, 3.05) is 5.75 Å². The average Bonchev–Trinajstić information content (AvgIpc) is 2.64. The molecule has 0 saturated heterocycles. The van der Waals surface area contributed by atoms with Crippen molar-refractivity contribution in [2.45, 2.75) is 18.4 Å². The van der Waals surface area contributed by atoms with E-state index in [0.29, 0.717) is 26.6 Å². The fourth-order valence-electron chi connectivity index (χ4n) is 2.55. The topological polar surface area (TPSA) is 106 Å². The summed E-state index contributed by atoms with van der Waals surface area (Å²) in [5, 5.41) is 9.43. The van der Waals surface area contributed by atoms with E-state index in [9.17, 15) is 13.2 Å². The zero-order valence-electron chi connectivity index (χ0n) is 13.7. The number of halogens is 1. The van der Waals surface area contributed by atoms with Gasteiger partial charge in [0.05, 0.1) is 34.2 Å². The fraction of sp³-hybridized carbons (Fsp3) is 0.176. The second kappa shape index (κ2) is 6.97. The van der Waals surface area contributed by atoms with Crippen molar-refractivity contribution in [1.29, 1.82) is 5.26 Å². The molecule has 0 unspecified atom stereocenters. The molecule has 0 saturated carbocycles. The molecule has 0 atom stereocenters. The summed E-state index contributed by atoms with van der Waals surface area (Å²) in [6.07, 6.45) is 2.87. The molecule has 132 valence electrons. The Bertz CT molecular complexity index is 1210. The first kappa shape index (κ1) is 18.2. The third-order valence-corrected chi connectivity index (χ3v) is 6.15. The summed E-state index contributed by atoms with van der Waals surface area (Å²) in [5.74, 6) is -0.0758. The van der Waals surface area contributed by atoms with Gasteiger partial charge in [0.15, 0.2) is 15.5 Å². The first-order chi connectivity index (χ1) is 12.4. The third-order valence-electron chi connectivity index (χ3n) is 3.89. The number of fused-ring (bicyclic) bond motifs is 1. The number of nitrogens with zero attached hydrogens (tertiary/aromatic N) is 4. The quantitative estimate of drug-likeness (QED) is 0.625. The van der Waals surface area contributed by atoms with Crippen LogP contribution >= 0.6 is 15.9 Å². The molecule has 1 aromatic carbocycles. The van der Waals surface area contributed by atoms with Crippen LogP contribution in [0.1, 0.15) is 18.1 Å². The van der Waals surface area contributed by atoms with Crippen LogP contribution in [0.15, 0.2) is 51.0 Å². The molecule has 0 aliphatic rings. The van der Waals surface area contributed by atoms with Crippen molar-refractivity contribution in [3.63, 3.8) is 0 Å². The molecule has 3 rings (SSSR count). The molecule has 26 heavy (non-hydrogen) atoms. The van der Waals surface area contributed by atoms with E-state index in [1.807, 2.05) is 6.07 Å². The molecule has 0 amide bonds. The first-order valence-electron chi connectivity index (χ1n) is 7.62. The molecule has 0 fully saturated rings. The van der Waals surface area contributed by atoms with Gasteiger partial charge in [0.1, 0.15) is 6.33 Å². The number of rotatable bonds is 4. The maximum atomic E-state index is 12.7. The average molecular weight is 433 g/mol. The minimum Gasteiger partial charge on any atom is -0.294 e. The van der Waals surface area contributed by atoms with Crippen LogP contribution in [0.3, 0.4) is 0 Å². The van der Waals surface area contributed by atoms with Gasteiger partial charge >= 0.3 is 0 Å². The lowest BCUT2D eigenvalue weighted by Crippen LogP contribution is -2.22. The molecule has 3 aromatic rings. The van der Waals surface area contributed by atoms with E-state index in [-0.39, 0.29) is 22.8 Å². The summed E-state index contributed by atoms with van der Waals surface area (Å²) in [7, 11) is -3.50. The van der Waals surface area contributed by atoms with Gasteiger partial charge in [-0.05, 0) is 45.8 Å². The van der Waals surface area contributed by atoms with Gasteiger partial charge in [-0.25, -0.2) is 18.4 Å². The Morgan fingerprint density at radius 3 is 2.73 bits per heavy atom. The highest BCUT2D eigenvalue weighted by Crippen LogP contribution is 2.20. The SMILES string of the molecule is CCS(=O)(=O)c1ccc(C#N)cc1Cn1cnc2ncc(Br)cc2c1=O. The lowest BCUT2D eigenvalue weighted by molar-refractivity contribution is 0.594. The molecule has 2 heterocycles. The minimum atomic E-state index is -3.50. The van der Waals surface area contributed by atoms with Gasteiger partial charge in [-0.3, -0.25) is 9.36 Å². The summed E-state index contributed by atoms with van der Waals surface area (Å²) in [5.41, 5.74) is 0.658. The van der Waals surface area contributed by atoms with E-state index in [1.54, 1.807) is 19.2 Å². The largest absolute Gasteiger partial charge is 0.294 e. The van der Waals surface area contributed by atoms with Gasteiger partial charge in [0, 0.05) is 10.7 Å². The molecule has 0 N–H and O–H groups in total. The molecular formula is C17H13BrN4O3S. The van der Waals surface area contributed by atoms with Crippen LogP contribution in [-0.2, 0) is 16.4 Å². The summed E-state index contributed by atoms with van der Waals surface area (Å²) in [4.78, 5) is 21.1. The standard InChI is InChI=1S/C17H13BrN4O3S/c1-2-26(24,25)15-4-3-11(7-19)5-12(15)9-22-10-21-16-14(17(22)23)6-13(18)8-20-16/h3-6,8,10H,2,9H2,1H3. The molecule has 7 nitrogen and oxygen atoms in total. The molecule has 9 heteroatoms. The van der Waals surface area contributed by atoms with Crippen molar-refractivity contribution in [1.82, 2.24) is 14.5 Å². The highest BCUT2D eigenvalue weighted by Gasteiger charge is 2.18. The van der Waals surface area contributed by atoms with Gasteiger partial charge < -0.3 is 0 Å². The minimum absolute atomic E-state index is 0.0155. The predicted molar refractivity (Wildman–Crippen MR) is 99.5 cm³/mol. The third kappa shape index (κ3) is 3.38. The Hall–Kier alpha value is -2.57. The lowest BCUT2D eigenvalue weighted by atomic mass is 10.1. The lowest BCUT2D eigenvalue weighted by Gasteiger charge is -2.12. The molecule has 0 aliphatic heterocycles. The molecule has 2 aromatic heterocycles. The van der Waals surface area contributed by atoms with Gasteiger partial charge in [0.25, 0.3) is 5.56 Å². The summed E-state index contributed by atoms with van der Waals surface area (Å²) in [6.45, 7) is 1.53. The van der Waals surface area contributed by atoms with E-state index in [0.717, 1.165) is 0 Å². The van der Waals surface area contributed by atoms with Crippen LogP contribution in [0.25, 0.3) is 11.0 Å².